The fraction of sp³-hybridized carbons (Fsp3) is 0.429. The number of ether oxygens (including phenoxy) is 1. The van der Waals surface area contributed by atoms with Crippen molar-refractivity contribution in [2.75, 3.05) is 6.26 Å². The zero-order valence-corrected chi connectivity index (χ0v) is 18.7. The molecular formula is C21H25IN2O2S. The lowest BCUT2D eigenvalue weighted by molar-refractivity contribution is 0.0488. The molecule has 0 aromatic heterocycles. The van der Waals surface area contributed by atoms with Gasteiger partial charge in [0.25, 0.3) is 0 Å². The molecule has 3 N–H and O–H groups in total. The third kappa shape index (κ3) is 3.69. The number of benzene rings is 2. The second-order valence-electron chi connectivity index (χ2n) is 8.09. The zero-order valence-electron chi connectivity index (χ0n) is 15.8. The molecule has 0 bridgehead atoms. The Hall–Kier alpha value is -0.960. The highest BCUT2D eigenvalue weighted by molar-refractivity contribution is 14.1. The Labute approximate surface area is 178 Å². The maximum Gasteiger partial charge on any atom is 0.171 e. The minimum absolute atomic E-state index is 0.0524. The standard InChI is InChI=1S/C21H25IN2O2S/c1-19(2)13-20(24-21(22,23-19)27-3)12-18(14-7-5-4-6-8-14)26-17-11-15(25)9-10-16(17)20/h4-11,18,23-25H,12-13H2,1-3H3/t18-,20+,21-/m1/s1. The minimum atomic E-state index is -0.284. The number of fused-ring (bicyclic) bond motifs is 2. The Morgan fingerprint density at radius 1 is 1.15 bits per heavy atom. The second-order valence-corrected chi connectivity index (χ2v) is 11.5. The molecule has 2 aliphatic rings. The van der Waals surface area contributed by atoms with Crippen molar-refractivity contribution in [1.82, 2.24) is 10.6 Å². The fourth-order valence-electron chi connectivity index (χ4n) is 4.48. The van der Waals surface area contributed by atoms with E-state index >= 15 is 0 Å². The summed E-state index contributed by atoms with van der Waals surface area (Å²) in [6.45, 7) is 4.51. The van der Waals surface area contributed by atoms with Gasteiger partial charge in [0, 0.05) is 23.6 Å². The van der Waals surface area contributed by atoms with E-state index in [0.29, 0.717) is 0 Å². The van der Waals surface area contributed by atoms with Crippen LogP contribution in [0.2, 0.25) is 0 Å². The Morgan fingerprint density at radius 2 is 1.89 bits per heavy atom. The van der Waals surface area contributed by atoms with Crippen LogP contribution in [-0.2, 0) is 5.54 Å². The van der Waals surface area contributed by atoms with E-state index in [-0.39, 0.29) is 25.9 Å². The first kappa shape index (κ1) is 19.4. The number of hydrogen-bond donors (Lipinski definition) is 3. The predicted molar refractivity (Wildman–Crippen MR) is 119 cm³/mol. The highest BCUT2D eigenvalue weighted by Crippen LogP contribution is 2.53. The second kappa shape index (κ2) is 6.83. The van der Waals surface area contributed by atoms with E-state index in [0.717, 1.165) is 29.7 Å². The molecule has 1 spiro atoms. The average Bonchev–Trinajstić information content (AvgIpc) is 2.60. The molecule has 1 fully saturated rings. The van der Waals surface area contributed by atoms with Gasteiger partial charge in [-0.2, -0.15) is 0 Å². The number of phenols is 1. The molecule has 27 heavy (non-hydrogen) atoms. The zero-order chi connectivity index (χ0) is 19.3. The van der Waals surface area contributed by atoms with Gasteiger partial charge in [-0.3, -0.25) is 10.6 Å². The van der Waals surface area contributed by atoms with Crippen LogP contribution in [0.4, 0.5) is 0 Å². The summed E-state index contributed by atoms with van der Waals surface area (Å²) in [6.07, 6.45) is 3.82. The van der Waals surface area contributed by atoms with E-state index < -0.39 is 0 Å². The molecule has 0 aliphatic carbocycles. The Balaban J connectivity index is 1.85. The molecule has 4 nitrogen and oxygen atoms in total. The summed E-state index contributed by atoms with van der Waals surface area (Å²) in [4.78, 5) is 0. The van der Waals surface area contributed by atoms with Crippen LogP contribution in [0.1, 0.15) is 43.9 Å². The monoisotopic (exact) mass is 496 g/mol. The van der Waals surface area contributed by atoms with Crippen LogP contribution >= 0.6 is 34.4 Å². The normalized spacial score (nSPS) is 31.9. The third-order valence-corrected chi connectivity index (χ3v) is 8.01. The number of hydrogen-bond acceptors (Lipinski definition) is 5. The van der Waals surface area contributed by atoms with Gasteiger partial charge in [0.2, 0.25) is 0 Å². The largest absolute Gasteiger partial charge is 0.508 e. The van der Waals surface area contributed by atoms with Crippen molar-refractivity contribution in [3.63, 3.8) is 0 Å². The van der Waals surface area contributed by atoms with Crippen molar-refractivity contribution in [3.05, 3.63) is 59.7 Å². The van der Waals surface area contributed by atoms with Crippen molar-refractivity contribution < 1.29 is 9.84 Å². The summed E-state index contributed by atoms with van der Waals surface area (Å²) in [6, 6.07) is 15.9. The molecule has 6 heteroatoms. The molecule has 2 aromatic rings. The van der Waals surface area contributed by atoms with E-state index in [1.807, 2.05) is 24.3 Å². The maximum absolute atomic E-state index is 10.1. The summed E-state index contributed by atoms with van der Waals surface area (Å²) in [5.74, 6) is 0.997. The van der Waals surface area contributed by atoms with E-state index in [4.69, 9.17) is 4.74 Å². The van der Waals surface area contributed by atoms with Gasteiger partial charge in [-0.15, -0.1) is 11.8 Å². The first-order chi connectivity index (χ1) is 12.7. The summed E-state index contributed by atoms with van der Waals surface area (Å²) >= 11 is 4.24. The molecule has 0 unspecified atom stereocenters. The van der Waals surface area contributed by atoms with E-state index in [1.54, 1.807) is 23.9 Å². The van der Waals surface area contributed by atoms with Gasteiger partial charge in [0.1, 0.15) is 17.6 Å². The first-order valence-corrected chi connectivity index (χ1v) is 11.4. The van der Waals surface area contributed by atoms with Gasteiger partial charge in [-0.05, 0) is 66.8 Å². The molecule has 1 saturated heterocycles. The molecular weight excluding hydrogens is 471 g/mol. The quantitative estimate of drug-likeness (QED) is 0.314. The molecule has 4 rings (SSSR count). The van der Waals surface area contributed by atoms with E-state index in [9.17, 15) is 5.11 Å². The number of nitrogens with one attached hydrogen (secondary N) is 2. The Kier molecular flexibility index (Phi) is 4.90. The highest BCUT2D eigenvalue weighted by Gasteiger charge is 2.53. The van der Waals surface area contributed by atoms with Crippen molar-refractivity contribution in [1.29, 1.82) is 0 Å². The lowest BCUT2D eigenvalue weighted by Crippen LogP contribution is -2.71. The number of alkyl halides is 1. The molecule has 0 radical (unpaired) electrons. The Bertz CT molecular complexity index is 847. The van der Waals surface area contributed by atoms with Crippen LogP contribution in [0, 0.1) is 0 Å². The molecule has 144 valence electrons. The molecule has 2 heterocycles. The first-order valence-electron chi connectivity index (χ1n) is 9.12. The van der Waals surface area contributed by atoms with Crippen molar-refractivity contribution >= 4 is 34.4 Å². The van der Waals surface area contributed by atoms with Crippen LogP contribution < -0.4 is 15.4 Å². The Morgan fingerprint density at radius 3 is 2.59 bits per heavy atom. The highest BCUT2D eigenvalue weighted by atomic mass is 127. The van der Waals surface area contributed by atoms with Gasteiger partial charge in [-0.1, -0.05) is 30.3 Å². The molecule has 2 aromatic carbocycles. The minimum Gasteiger partial charge on any atom is -0.508 e. The van der Waals surface area contributed by atoms with Gasteiger partial charge >= 0.3 is 0 Å². The topological polar surface area (TPSA) is 53.5 Å². The summed E-state index contributed by atoms with van der Waals surface area (Å²) < 4.78 is 6.08. The van der Waals surface area contributed by atoms with Crippen LogP contribution in [0.5, 0.6) is 11.5 Å². The number of rotatable bonds is 2. The van der Waals surface area contributed by atoms with Crippen molar-refractivity contribution in [2.24, 2.45) is 0 Å². The molecule has 2 aliphatic heterocycles. The number of halogens is 1. The van der Waals surface area contributed by atoms with Gasteiger partial charge in [0.15, 0.2) is 3.00 Å². The molecule has 0 saturated carbocycles. The average molecular weight is 496 g/mol. The predicted octanol–water partition coefficient (Wildman–Crippen LogP) is 4.88. The number of phenolic OH excluding ortho intramolecular Hbond substituents is 1. The fourth-order valence-corrected chi connectivity index (χ4v) is 6.41. The summed E-state index contributed by atoms with van der Waals surface area (Å²) in [7, 11) is 0. The van der Waals surface area contributed by atoms with E-state index in [1.165, 1.54) is 0 Å². The summed E-state index contributed by atoms with van der Waals surface area (Å²) in [5.41, 5.74) is 1.98. The smallest absolute Gasteiger partial charge is 0.171 e. The molecule has 3 atom stereocenters. The van der Waals surface area contributed by atoms with Crippen LogP contribution in [0.15, 0.2) is 48.5 Å². The van der Waals surface area contributed by atoms with Crippen LogP contribution in [0.3, 0.4) is 0 Å². The number of aromatic hydroxyl groups is 1. The lowest BCUT2D eigenvalue weighted by atomic mass is 9.72. The van der Waals surface area contributed by atoms with Crippen LogP contribution in [0.25, 0.3) is 0 Å². The number of thioether (sulfide) groups is 1. The SMILES string of the molecule is CS[C@]1(I)NC(C)(C)C[C@]2(C[C@H](c3ccccc3)Oc3cc(O)ccc32)N1. The van der Waals surface area contributed by atoms with Gasteiger partial charge in [-0.25, -0.2) is 0 Å². The van der Waals surface area contributed by atoms with Crippen LogP contribution in [-0.4, -0.2) is 19.9 Å². The summed E-state index contributed by atoms with van der Waals surface area (Å²) in [5, 5.41) is 17.7. The van der Waals surface area contributed by atoms with E-state index in [2.05, 4.69) is 65.5 Å². The lowest BCUT2D eigenvalue weighted by Gasteiger charge is -2.56. The van der Waals surface area contributed by atoms with Gasteiger partial charge < -0.3 is 9.84 Å². The third-order valence-electron chi connectivity index (χ3n) is 5.38. The van der Waals surface area contributed by atoms with Gasteiger partial charge in [0.05, 0.1) is 5.54 Å². The van der Waals surface area contributed by atoms with Crippen molar-refractivity contribution in [3.8, 4) is 11.5 Å². The van der Waals surface area contributed by atoms with Crippen molar-refractivity contribution in [2.45, 2.75) is 46.9 Å². The maximum atomic E-state index is 10.1. The molecule has 0 amide bonds.